The number of rotatable bonds is 2. The summed E-state index contributed by atoms with van der Waals surface area (Å²) in [4.78, 5) is 12.0. The number of ketones is 1. The third-order valence-electron chi connectivity index (χ3n) is 4.47. The summed E-state index contributed by atoms with van der Waals surface area (Å²) in [5.41, 5.74) is 2.23. The second kappa shape index (κ2) is 6.24. The second-order valence-corrected chi connectivity index (χ2v) is 6.21. The van der Waals surface area contributed by atoms with Crippen LogP contribution in [0.2, 0.25) is 0 Å². The van der Waals surface area contributed by atoms with Gasteiger partial charge in [0.1, 0.15) is 0 Å². The Hall–Kier alpha value is -2.24. The Morgan fingerprint density at radius 3 is 1.76 bits per heavy atom. The van der Waals surface area contributed by atoms with E-state index in [1.165, 1.54) is 12.1 Å². The van der Waals surface area contributed by atoms with Gasteiger partial charge in [-0.1, -0.05) is 36.4 Å². The fraction of sp³-hybridized carbons (Fsp3) is 0.316. The van der Waals surface area contributed by atoms with Crippen LogP contribution in [0.1, 0.15) is 32.6 Å². The molecule has 4 bridgehead atoms. The highest BCUT2D eigenvalue weighted by molar-refractivity contribution is 6.03. The van der Waals surface area contributed by atoms with Crippen LogP contribution in [0.5, 0.6) is 0 Å². The van der Waals surface area contributed by atoms with Crippen molar-refractivity contribution in [3.05, 3.63) is 70.3 Å². The van der Waals surface area contributed by atoms with Gasteiger partial charge in [-0.3, -0.25) is 4.79 Å². The number of carbonyl (C=O) groups is 1. The van der Waals surface area contributed by atoms with Crippen LogP contribution in [0.25, 0.3) is 0 Å². The summed E-state index contributed by atoms with van der Waals surface area (Å²) in [5.74, 6) is -7.57. The van der Waals surface area contributed by atoms with Gasteiger partial charge in [-0.15, -0.1) is 0 Å². The second-order valence-electron chi connectivity index (χ2n) is 6.21. The van der Waals surface area contributed by atoms with Crippen molar-refractivity contribution in [3.63, 3.8) is 0 Å². The van der Waals surface area contributed by atoms with Gasteiger partial charge in [-0.25, -0.2) is 0 Å². The molecule has 4 aliphatic carbocycles. The van der Waals surface area contributed by atoms with Gasteiger partial charge in [0, 0.05) is 5.56 Å². The topological polar surface area (TPSA) is 17.1 Å². The average molecular weight is 354 g/mol. The molecule has 6 heteroatoms. The summed E-state index contributed by atoms with van der Waals surface area (Å²) >= 11 is 0. The highest BCUT2D eigenvalue weighted by Gasteiger charge is 2.63. The molecule has 2 aromatic rings. The summed E-state index contributed by atoms with van der Waals surface area (Å²) in [6.07, 6.45) is -4.16. The van der Waals surface area contributed by atoms with Crippen molar-refractivity contribution >= 4 is 5.78 Å². The first-order valence-corrected chi connectivity index (χ1v) is 7.87. The highest BCUT2D eigenvalue weighted by atomic mass is 19.4. The van der Waals surface area contributed by atoms with Gasteiger partial charge >= 0.3 is 12.1 Å². The van der Waals surface area contributed by atoms with E-state index < -0.39 is 23.4 Å². The summed E-state index contributed by atoms with van der Waals surface area (Å²) in [6, 6.07) is 12.1. The molecule has 0 spiro atoms. The molecular formula is C19H15F5O. The lowest BCUT2D eigenvalue weighted by Crippen LogP contribution is -2.44. The molecule has 0 saturated carbocycles. The third-order valence-corrected chi connectivity index (χ3v) is 4.47. The molecule has 2 aromatic carbocycles. The van der Waals surface area contributed by atoms with E-state index >= 15 is 0 Å². The summed E-state index contributed by atoms with van der Waals surface area (Å²) < 4.78 is 64.9. The highest BCUT2D eigenvalue weighted by Crippen LogP contribution is 2.39. The largest absolute Gasteiger partial charge is 0.461 e. The third kappa shape index (κ3) is 3.43. The predicted molar refractivity (Wildman–Crippen MR) is 83.0 cm³/mol. The number of alkyl halides is 5. The maximum atomic E-state index is 13.6. The molecule has 0 N–H and O–H groups in total. The van der Waals surface area contributed by atoms with E-state index in [1.807, 2.05) is 24.3 Å². The number of halogens is 5. The normalized spacial score (nSPS) is 14.9. The minimum absolute atomic E-state index is 0.210. The van der Waals surface area contributed by atoms with Crippen molar-refractivity contribution in [1.29, 1.82) is 0 Å². The Morgan fingerprint density at radius 1 is 0.720 bits per heavy atom. The maximum Gasteiger partial charge on any atom is 0.461 e. The number of hydrogen-bond acceptors (Lipinski definition) is 1. The summed E-state index contributed by atoms with van der Waals surface area (Å²) in [7, 11) is 0. The van der Waals surface area contributed by atoms with Crippen molar-refractivity contribution in [2.75, 3.05) is 0 Å². The zero-order chi connectivity index (χ0) is 18.2. The standard InChI is InChI=1S/C19H15F5O/c20-18(21,19(22,23)24)17(25)16-11-14-6-5-12-1-3-13(4-2-12)7-9-15(16)10-8-14/h1-4,8,10-11H,5-7,9H2. The molecule has 25 heavy (non-hydrogen) atoms. The van der Waals surface area contributed by atoms with Crippen LogP contribution in [0, 0.1) is 0 Å². The molecule has 0 aromatic heterocycles. The van der Waals surface area contributed by atoms with Gasteiger partial charge in [-0.05, 0) is 54.0 Å². The van der Waals surface area contributed by atoms with Crippen LogP contribution in [-0.2, 0) is 25.7 Å². The average Bonchev–Trinajstić information content (AvgIpc) is 2.55. The molecule has 0 saturated heterocycles. The van der Waals surface area contributed by atoms with E-state index in [0.29, 0.717) is 24.8 Å². The Kier molecular flexibility index (Phi) is 4.39. The van der Waals surface area contributed by atoms with Crippen molar-refractivity contribution in [1.82, 2.24) is 0 Å². The number of carbonyl (C=O) groups excluding carboxylic acids is 1. The Morgan fingerprint density at radius 2 is 1.20 bits per heavy atom. The molecule has 0 heterocycles. The molecule has 0 unspecified atom stereocenters. The maximum absolute atomic E-state index is 13.6. The van der Waals surface area contributed by atoms with Crippen molar-refractivity contribution in [3.8, 4) is 0 Å². The summed E-state index contributed by atoms with van der Waals surface area (Å²) in [6.45, 7) is 0. The molecule has 0 atom stereocenters. The van der Waals surface area contributed by atoms with Crippen LogP contribution in [0.15, 0.2) is 42.5 Å². The number of benzene rings is 2. The fourth-order valence-electron chi connectivity index (χ4n) is 2.95. The lowest BCUT2D eigenvalue weighted by Gasteiger charge is -2.20. The first-order chi connectivity index (χ1) is 11.7. The van der Waals surface area contributed by atoms with E-state index in [0.717, 1.165) is 11.1 Å². The Bertz CT molecular complexity index is 790. The van der Waals surface area contributed by atoms with Crippen LogP contribution < -0.4 is 0 Å². The molecule has 0 fully saturated rings. The van der Waals surface area contributed by atoms with Gasteiger partial charge < -0.3 is 0 Å². The minimum atomic E-state index is -5.90. The quantitative estimate of drug-likeness (QED) is 0.551. The van der Waals surface area contributed by atoms with Gasteiger partial charge in [0.15, 0.2) is 0 Å². The monoisotopic (exact) mass is 354 g/mol. The lowest BCUT2D eigenvalue weighted by atomic mass is 9.90. The Balaban J connectivity index is 2.03. The smallest absolute Gasteiger partial charge is 0.287 e. The van der Waals surface area contributed by atoms with Crippen LogP contribution in [0.3, 0.4) is 0 Å². The van der Waals surface area contributed by atoms with Crippen LogP contribution >= 0.6 is 0 Å². The van der Waals surface area contributed by atoms with Crippen molar-refractivity contribution in [2.24, 2.45) is 0 Å². The van der Waals surface area contributed by atoms with E-state index in [2.05, 4.69) is 0 Å². The Labute approximate surface area is 141 Å². The van der Waals surface area contributed by atoms with Gasteiger partial charge in [0.05, 0.1) is 0 Å². The number of hydrogen-bond donors (Lipinski definition) is 0. The van der Waals surface area contributed by atoms with Gasteiger partial charge in [0.25, 0.3) is 0 Å². The van der Waals surface area contributed by atoms with E-state index in [9.17, 15) is 26.7 Å². The first kappa shape index (κ1) is 17.6. The molecule has 4 aliphatic rings. The fourth-order valence-corrected chi connectivity index (χ4v) is 2.95. The van der Waals surface area contributed by atoms with Gasteiger partial charge in [-0.2, -0.15) is 22.0 Å². The minimum Gasteiger partial charge on any atom is -0.287 e. The van der Waals surface area contributed by atoms with E-state index in [4.69, 9.17) is 0 Å². The molecule has 0 radical (unpaired) electrons. The summed E-state index contributed by atoms with van der Waals surface area (Å²) in [5, 5.41) is 0. The molecule has 0 aliphatic heterocycles. The van der Waals surface area contributed by atoms with Crippen LogP contribution in [0.4, 0.5) is 22.0 Å². The molecule has 0 amide bonds. The van der Waals surface area contributed by atoms with Crippen molar-refractivity contribution in [2.45, 2.75) is 37.8 Å². The molecule has 132 valence electrons. The van der Waals surface area contributed by atoms with E-state index in [1.54, 1.807) is 6.07 Å². The first-order valence-electron chi connectivity index (χ1n) is 7.87. The van der Waals surface area contributed by atoms with E-state index in [-0.39, 0.29) is 12.0 Å². The number of Topliss-reactive ketones (excluding diaryl/α,β-unsaturated/α-hetero) is 1. The number of aryl methyl sites for hydroxylation is 4. The van der Waals surface area contributed by atoms with Crippen molar-refractivity contribution < 1.29 is 26.7 Å². The molecular weight excluding hydrogens is 339 g/mol. The SMILES string of the molecule is O=C(c1cc2ccc1CCc1ccc(cc1)CC2)C(F)(F)C(F)(F)F. The van der Waals surface area contributed by atoms with Gasteiger partial charge in [0.2, 0.25) is 5.78 Å². The van der Waals surface area contributed by atoms with Crippen LogP contribution in [-0.4, -0.2) is 17.9 Å². The zero-order valence-electron chi connectivity index (χ0n) is 13.2. The zero-order valence-corrected chi connectivity index (χ0v) is 13.2. The lowest BCUT2D eigenvalue weighted by molar-refractivity contribution is -0.255. The molecule has 6 rings (SSSR count). The molecule has 1 nitrogen and oxygen atoms in total. The predicted octanol–water partition coefficient (Wildman–Crippen LogP) is 4.95.